The molecular formula is C4H3N2O3-. The van der Waals surface area contributed by atoms with Gasteiger partial charge in [-0.25, -0.2) is 0 Å². The SMILES string of the molecule is Cc1noc([O-])c1N=O. The number of rotatable bonds is 1. The van der Waals surface area contributed by atoms with E-state index in [9.17, 15) is 10.0 Å². The lowest BCUT2D eigenvalue weighted by molar-refractivity contribution is -0.295. The first-order chi connectivity index (χ1) is 4.25. The molecule has 0 amide bonds. The number of aromatic nitrogens is 1. The van der Waals surface area contributed by atoms with Gasteiger partial charge >= 0.3 is 0 Å². The van der Waals surface area contributed by atoms with Crippen molar-refractivity contribution in [2.24, 2.45) is 5.18 Å². The van der Waals surface area contributed by atoms with Crippen molar-refractivity contribution in [1.29, 1.82) is 0 Å². The minimum atomic E-state index is -0.775. The second kappa shape index (κ2) is 1.85. The average molecular weight is 127 g/mol. The summed E-state index contributed by atoms with van der Waals surface area (Å²) in [5.74, 6) is -0.775. The van der Waals surface area contributed by atoms with Gasteiger partial charge in [-0.1, -0.05) is 0 Å². The highest BCUT2D eigenvalue weighted by atomic mass is 16.6. The molecule has 0 bridgehead atoms. The summed E-state index contributed by atoms with van der Waals surface area (Å²) in [6.45, 7) is 1.47. The second-order valence-corrected chi connectivity index (χ2v) is 1.50. The lowest BCUT2D eigenvalue weighted by atomic mass is 10.4. The van der Waals surface area contributed by atoms with Gasteiger partial charge in [0.2, 0.25) is 0 Å². The Morgan fingerprint density at radius 3 is 2.67 bits per heavy atom. The predicted octanol–water partition coefficient (Wildman–Crippen LogP) is 0.455. The van der Waals surface area contributed by atoms with Crippen molar-refractivity contribution in [3.8, 4) is 5.95 Å². The van der Waals surface area contributed by atoms with E-state index >= 15 is 0 Å². The van der Waals surface area contributed by atoms with Crippen LogP contribution in [0.15, 0.2) is 9.70 Å². The molecule has 0 aliphatic rings. The topological polar surface area (TPSA) is 78.5 Å². The Labute approximate surface area is 50.3 Å². The van der Waals surface area contributed by atoms with Crippen LogP contribution in [-0.4, -0.2) is 5.16 Å². The van der Waals surface area contributed by atoms with Gasteiger partial charge in [-0.05, 0) is 12.1 Å². The summed E-state index contributed by atoms with van der Waals surface area (Å²) in [5, 5.41) is 16.0. The van der Waals surface area contributed by atoms with E-state index in [4.69, 9.17) is 0 Å². The molecule has 5 nitrogen and oxygen atoms in total. The Morgan fingerprint density at radius 2 is 2.44 bits per heavy atom. The van der Waals surface area contributed by atoms with Crippen molar-refractivity contribution in [1.82, 2.24) is 5.16 Å². The van der Waals surface area contributed by atoms with Gasteiger partial charge in [-0.15, -0.1) is 4.91 Å². The van der Waals surface area contributed by atoms with Crippen LogP contribution in [0.4, 0.5) is 5.69 Å². The van der Waals surface area contributed by atoms with E-state index in [1.807, 2.05) is 0 Å². The normalized spacial score (nSPS) is 9.44. The molecule has 1 aromatic rings. The van der Waals surface area contributed by atoms with Crippen LogP contribution in [0.2, 0.25) is 0 Å². The third-order valence-electron chi connectivity index (χ3n) is 0.893. The molecule has 0 saturated heterocycles. The van der Waals surface area contributed by atoms with Crippen LogP contribution in [0.3, 0.4) is 0 Å². The number of nitrogens with zero attached hydrogens (tertiary/aromatic N) is 2. The minimum absolute atomic E-state index is 0.231. The Hall–Kier alpha value is -1.39. The van der Waals surface area contributed by atoms with Crippen LogP contribution in [0.25, 0.3) is 0 Å². The van der Waals surface area contributed by atoms with Gasteiger partial charge in [0.25, 0.3) is 0 Å². The molecule has 0 N–H and O–H groups in total. The molecule has 0 unspecified atom stereocenters. The first-order valence-electron chi connectivity index (χ1n) is 2.22. The van der Waals surface area contributed by atoms with Crippen molar-refractivity contribution >= 4 is 5.69 Å². The van der Waals surface area contributed by atoms with Gasteiger partial charge < -0.3 is 9.63 Å². The fourth-order valence-corrected chi connectivity index (χ4v) is 0.447. The number of hydrogen-bond donors (Lipinski definition) is 0. The summed E-state index contributed by atoms with van der Waals surface area (Å²) in [7, 11) is 0. The molecule has 9 heavy (non-hydrogen) atoms. The van der Waals surface area contributed by atoms with Crippen molar-refractivity contribution in [2.45, 2.75) is 6.92 Å². The summed E-state index contributed by atoms with van der Waals surface area (Å²) in [6.07, 6.45) is 0. The third kappa shape index (κ3) is 0.758. The van der Waals surface area contributed by atoms with Crippen LogP contribution < -0.4 is 5.11 Å². The van der Waals surface area contributed by atoms with E-state index in [0.717, 1.165) is 0 Å². The van der Waals surface area contributed by atoms with Gasteiger partial charge in [0.05, 0.1) is 5.69 Å². The van der Waals surface area contributed by atoms with E-state index in [0.29, 0.717) is 0 Å². The lowest BCUT2D eigenvalue weighted by Crippen LogP contribution is -1.84. The zero-order valence-corrected chi connectivity index (χ0v) is 4.62. The summed E-state index contributed by atoms with van der Waals surface area (Å²) >= 11 is 0. The van der Waals surface area contributed by atoms with Crippen molar-refractivity contribution in [2.75, 3.05) is 0 Å². The fraction of sp³-hybridized carbons (Fsp3) is 0.250. The van der Waals surface area contributed by atoms with Crippen molar-refractivity contribution < 1.29 is 9.63 Å². The molecule has 1 aromatic heterocycles. The summed E-state index contributed by atoms with van der Waals surface area (Å²) in [5.41, 5.74) is -0.00926. The third-order valence-corrected chi connectivity index (χ3v) is 0.893. The molecule has 0 fully saturated rings. The standard InChI is InChI=1S/C4H4N2O3/c1-2-3(5-8)4(7)9-6-2/h7H,1H3/p-1. The van der Waals surface area contributed by atoms with Crippen molar-refractivity contribution in [3.05, 3.63) is 10.6 Å². The maximum atomic E-state index is 10.3. The zero-order valence-electron chi connectivity index (χ0n) is 4.62. The lowest BCUT2D eigenvalue weighted by Gasteiger charge is -1.87. The Balaban J connectivity index is 3.22. The first-order valence-corrected chi connectivity index (χ1v) is 2.22. The van der Waals surface area contributed by atoms with Crippen LogP contribution in [0, 0.1) is 11.8 Å². The van der Waals surface area contributed by atoms with Gasteiger partial charge in [-0.2, -0.15) is 5.16 Å². The number of hydrogen-bond acceptors (Lipinski definition) is 5. The smallest absolute Gasteiger partial charge is 0.153 e. The Bertz CT molecular complexity index is 210. The summed E-state index contributed by atoms with van der Waals surface area (Å²) < 4.78 is 4.09. The molecule has 0 spiro atoms. The number of aryl methyl sites for hydroxylation is 1. The molecule has 0 aliphatic carbocycles. The zero-order chi connectivity index (χ0) is 6.85. The van der Waals surface area contributed by atoms with E-state index in [2.05, 4.69) is 14.9 Å². The molecule has 0 atom stereocenters. The minimum Gasteiger partial charge on any atom is -0.542 e. The van der Waals surface area contributed by atoms with Crippen molar-refractivity contribution in [3.63, 3.8) is 0 Å². The summed E-state index contributed by atoms with van der Waals surface area (Å²) in [6, 6.07) is 0. The Kier molecular flexibility index (Phi) is 1.18. The molecule has 0 aromatic carbocycles. The van der Waals surface area contributed by atoms with Crippen LogP contribution in [0.1, 0.15) is 5.69 Å². The molecule has 48 valence electrons. The highest BCUT2D eigenvalue weighted by molar-refractivity contribution is 5.46. The van der Waals surface area contributed by atoms with Crippen LogP contribution >= 0.6 is 0 Å². The largest absolute Gasteiger partial charge is 0.542 e. The molecule has 1 heterocycles. The van der Waals surface area contributed by atoms with E-state index in [1.165, 1.54) is 6.92 Å². The quantitative estimate of drug-likeness (QED) is 0.513. The highest BCUT2D eigenvalue weighted by Gasteiger charge is 2.01. The fourth-order valence-electron chi connectivity index (χ4n) is 0.447. The molecule has 0 saturated carbocycles. The average Bonchev–Trinajstić information content (AvgIpc) is 2.12. The molecule has 0 radical (unpaired) electrons. The van der Waals surface area contributed by atoms with Gasteiger partial charge in [-0.3, -0.25) is 0 Å². The highest BCUT2D eigenvalue weighted by Crippen LogP contribution is 2.25. The molecule has 1 rings (SSSR count). The van der Waals surface area contributed by atoms with Gasteiger partial charge in [0.15, 0.2) is 5.69 Å². The predicted molar refractivity (Wildman–Crippen MR) is 26.1 cm³/mol. The Morgan fingerprint density at radius 1 is 1.78 bits per heavy atom. The molecule has 0 aliphatic heterocycles. The van der Waals surface area contributed by atoms with Gasteiger partial charge in [0.1, 0.15) is 5.95 Å². The van der Waals surface area contributed by atoms with Crippen LogP contribution in [-0.2, 0) is 0 Å². The maximum absolute atomic E-state index is 10.3. The number of nitroso groups, excluding NO2 is 1. The maximum Gasteiger partial charge on any atom is 0.153 e. The van der Waals surface area contributed by atoms with Crippen LogP contribution in [0.5, 0.6) is 5.95 Å². The van der Waals surface area contributed by atoms with E-state index < -0.39 is 5.95 Å². The first kappa shape index (κ1) is 5.74. The van der Waals surface area contributed by atoms with Gasteiger partial charge in [0, 0.05) is 0 Å². The molecular weight excluding hydrogens is 124 g/mol. The van der Waals surface area contributed by atoms with E-state index in [1.54, 1.807) is 0 Å². The van der Waals surface area contributed by atoms with E-state index in [-0.39, 0.29) is 11.4 Å². The molecule has 5 heteroatoms. The second-order valence-electron chi connectivity index (χ2n) is 1.50. The summed E-state index contributed by atoms with van der Waals surface area (Å²) in [4.78, 5) is 9.76. The monoisotopic (exact) mass is 127 g/mol.